The second-order valence-electron chi connectivity index (χ2n) is 6.06. The molecule has 0 saturated carbocycles. The van der Waals surface area contributed by atoms with Crippen LogP contribution >= 0.6 is 0 Å². The van der Waals surface area contributed by atoms with E-state index in [2.05, 4.69) is 23.6 Å². The summed E-state index contributed by atoms with van der Waals surface area (Å²) >= 11 is 0. The van der Waals surface area contributed by atoms with Crippen LogP contribution in [-0.4, -0.2) is 55.6 Å². The third-order valence-corrected chi connectivity index (χ3v) is 4.32. The third kappa shape index (κ3) is 7.28. The summed E-state index contributed by atoms with van der Waals surface area (Å²) in [4.78, 5) is 5.17. The molecule has 1 aliphatic heterocycles. The Morgan fingerprint density at radius 3 is 2.21 bits per heavy atom. The summed E-state index contributed by atoms with van der Waals surface area (Å²) in [7, 11) is 0. The van der Waals surface area contributed by atoms with E-state index in [0.717, 1.165) is 19.0 Å². The molecule has 3 nitrogen and oxygen atoms in total. The van der Waals surface area contributed by atoms with Crippen LogP contribution in [0, 0.1) is 5.92 Å². The van der Waals surface area contributed by atoms with Crippen LogP contribution in [0.2, 0.25) is 0 Å². The molecular formula is C16H35N3. The summed E-state index contributed by atoms with van der Waals surface area (Å²) in [6, 6.07) is 0. The van der Waals surface area contributed by atoms with Gasteiger partial charge in [-0.2, -0.15) is 0 Å². The Morgan fingerprint density at radius 2 is 1.68 bits per heavy atom. The molecule has 1 fully saturated rings. The maximum atomic E-state index is 5.62. The van der Waals surface area contributed by atoms with E-state index in [-0.39, 0.29) is 0 Å². The third-order valence-electron chi connectivity index (χ3n) is 4.32. The van der Waals surface area contributed by atoms with Crippen LogP contribution in [0.1, 0.15) is 52.4 Å². The zero-order valence-corrected chi connectivity index (χ0v) is 13.2. The van der Waals surface area contributed by atoms with Gasteiger partial charge in [-0.1, -0.05) is 13.8 Å². The van der Waals surface area contributed by atoms with Gasteiger partial charge in [0.15, 0.2) is 0 Å². The van der Waals surface area contributed by atoms with Crippen molar-refractivity contribution in [2.24, 2.45) is 11.7 Å². The normalized spacial score (nSPS) is 18.3. The molecule has 0 aromatic carbocycles. The summed E-state index contributed by atoms with van der Waals surface area (Å²) < 4.78 is 0. The van der Waals surface area contributed by atoms with Crippen LogP contribution in [0.25, 0.3) is 0 Å². The van der Waals surface area contributed by atoms with E-state index in [0.29, 0.717) is 0 Å². The van der Waals surface area contributed by atoms with Crippen LogP contribution < -0.4 is 5.73 Å². The molecule has 0 unspecified atom stereocenters. The van der Waals surface area contributed by atoms with Crippen molar-refractivity contribution in [2.45, 2.75) is 52.4 Å². The lowest BCUT2D eigenvalue weighted by Crippen LogP contribution is -2.37. The molecule has 0 aromatic heterocycles. The highest BCUT2D eigenvalue weighted by Gasteiger charge is 2.18. The molecule has 0 aliphatic carbocycles. The summed E-state index contributed by atoms with van der Waals surface area (Å²) in [6.45, 7) is 12.9. The van der Waals surface area contributed by atoms with E-state index in [1.165, 1.54) is 71.2 Å². The minimum atomic E-state index is 0.813. The molecule has 2 N–H and O–H groups in total. The molecule has 114 valence electrons. The molecule has 0 amide bonds. The zero-order chi connectivity index (χ0) is 13.9. The van der Waals surface area contributed by atoms with Gasteiger partial charge in [0.2, 0.25) is 0 Å². The number of rotatable bonds is 10. The van der Waals surface area contributed by atoms with E-state index in [4.69, 9.17) is 5.73 Å². The van der Waals surface area contributed by atoms with E-state index in [1.54, 1.807) is 0 Å². The first-order valence-corrected chi connectivity index (χ1v) is 8.44. The predicted octanol–water partition coefficient (Wildman–Crippen LogP) is 2.56. The fourth-order valence-electron chi connectivity index (χ4n) is 3.25. The Kier molecular flexibility index (Phi) is 9.48. The summed E-state index contributed by atoms with van der Waals surface area (Å²) in [6.07, 6.45) is 8.18. The Morgan fingerprint density at radius 1 is 1.05 bits per heavy atom. The van der Waals surface area contributed by atoms with Crippen LogP contribution in [0.15, 0.2) is 0 Å². The van der Waals surface area contributed by atoms with Crippen molar-refractivity contribution in [1.29, 1.82) is 0 Å². The minimum absolute atomic E-state index is 0.813. The Bertz CT molecular complexity index is 194. The van der Waals surface area contributed by atoms with Gasteiger partial charge in [-0.15, -0.1) is 0 Å². The lowest BCUT2D eigenvalue weighted by molar-refractivity contribution is 0.175. The second kappa shape index (κ2) is 10.6. The predicted molar refractivity (Wildman–Crippen MR) is 84.5 cm³/mol. The molecule has 1 heterocycles. The molecule has 19 heavy (non-hydrogen) atoms. The zero-order valence-electron chi connectivity index (χ0n) is 13.2. The molecule has 0 atom stereocenters. The van der Waals surface area contributed by atoms with Gasteiger partial charge in [-0.25, -0.2) is 0 Å². The number of nitrogens with zero attached hydrogens (tertiary/aromatic N) is 2. The van der Waals surface area contributed by atoms with Crippen molar-refractivity contribution in [3.05, 3.63) is 0 Å². The van der Waals surface area contributed by atoms with Crippen molar-refractivity contribution in [1.82, 2.24) is 9.80 Å². The summed E-state index contributed by atoms with van der Waals surface area (Å²) in [5.74, 6) is 0.971. The Hall–Kier alpha value is -0.120. The van der Waals surface area contributed by atoms with Crippen molar-refractivity contribution in [2.75, 3.05) is 45.8 Å². The fraction of sp³-hybridized carbons (Fsp3) is 1.00. The van der Waals surface area contributed by atoms with Crippen LogP contribution in [0.3, 0.4) is 0 Å². The Balaban J connectivity index is 2.09. The van der Waals surface area contributed by atoms with E-state index in [9.17, 15) is 0 Å². The first-order valence-electron chi connectivity index (χ1n) is 8.44. The Labute approximate surface area is 120 Å². The maximum Gasteiger partial charge on any atom is 0.0105 e. The lowest BCUT2D eigenvalue weighted by Gasteiger charge is -2.32. The number of hydrogen-bond donors (Lipinski definition) is 1. The van der Waals surface area contributed by atoms with Crippen molar-refractivity contribution in [3.8, 4) is 0 Å². The first-order chi connectivity index (χ1) is 9.30. The molecule has 0 radical (unpaired) electrons. The number of hydrogen-bond acceptors (Lipinski definition) is 3. The van der Waals surface area contributed by atoms with Gasteiger partial charge < -0.3 is 15.5 Å². The second-order valence-corrected chi connectivity index (χ2v) is 6.06. The van der Waals surface area contributed by atoms with Crippen LogP contribution in [0.4, 0.5) is 0 Å². The summed E-state index contributed by atoms with van der Waals surface area (Å²) in [5, 5.41) is 0. The van der Waals surface area contributed by atoms with Gasteiger partial charge in [0.1, 0.15) is 0 Å². The van der Waals surface area contributed by atoms with Gasteiger partial charge >= 0.3 is 0 Å². The molecule has 3 heteroatoms. The fourth-order valence-corrected chi connectivity index (χ4v) is 3.25. The molecule has 1 saturated heterocycles. The largest absolute Gasteiger partial charge is 0.329 e. The highest BCUT2D eigenvalue weighted by Crippen LogP contribution is 2.21. The van der Waals surface area contributed by atoms with Crippen LogP contribution in [-0.2, 0) is 0 Å². The van der Waals surface area contributed by atoms with E-state index < -0.39 is 0 Å². The van der Waals surface area contributed by atoms with E-state index >= 15 is 0 Å². The summed E-state index contributed by atoms with van der Waals surface area (Å²) in [5.41, 5.74) is 5.62. The molecule has 0 aromatic rings. The van der Waals surface area contributed by atoms with Crippen molar-refractivity contribution in [3.63, 3.8) is 0 Å². The highest BCUT2D eigenvalue weighted by molar-refractivity contribution is 4.73. The number of piperidine rings is 1. The molecule has 0 bridgehead atoms. The molecule has 1 rings (SSSR count). The molecule has 0 spiro atoms. The van der Waals surface area contributed by atoms with Gasteiger partial charge in [-0.05, 0) is 77.2 Å². The number of likely N-dealkylation sites (tertiary alicyclic amines) is 1. The number of nitrogens with two attached hydrogens (primary N) is 1. The van der Waals surface area contributed by atoms with Gasteiger partial charge in [0.25, 0.3) is 0 Å². The molecular weight excluding hydrogens is 234 g/mol. The quantitative estimate of drug-likeness (QED) is 0.661. The standard InChI is InChI=1S/C16H35N3/c1-3-10-18(11-4-2)12-5-6-16-7-13-19(14-8-16)15-9-17/h16H,3-15,17H2,1-2H3. The lowest BCUT2D eigenvalue weighted by atomic mass is 9.92. The van der Waals surface area contributed by atoms with Crippen molar-refractivity contribution >= 4 is 0 Å². The van der Waals surface area contributed by atoms with E-state index in [1.807, 2.05) is 0 Å². The molecule has 1 aliphatic rings. The highest BCUT2D eigenvalue weighted by atomic mass is 15.1. The smallest absolute Gasteiger partial charge is 0.0105 e. The monoisotopic (exact) mass is 269 g/mol. The average Bonchev–Trinajstić information content (AvgIpc) is 2.41. The topological polar surface area (TPSA) is 32.5 Å². The maximum absolute atomic E-state index is 5.62. The SMILES string of the molecule is CCCN(CCC)CCCC1CCN(CCN)CC1. The average molecular weight is 269 g/mol. The van der Waals surface area contributed by atoms with Crippen LogP contribution in [0.5, 0.6) is 0 Å². The minimum Gasteiger partial charge on any atom is -0.329 e. The van der Waals surface area contributed by atoms with Gasteiger partial charge in [-0.3, -0.25) is 0 Å². The van der Waals surface area contributed by atoms with Gasteiger partial charge in [0, 0.05) is 13.1 Å². The first kappa shape index (κ1) is 16.9. The van der Waals surface area contributed by atoms with Gasteiger partial charge in [0.05, 0.1) is 0 Å². The van der Waals surface area contributed by atoms with Crippen molar-refractivity contribution < 1.29 is 0 Å².